The van der Waals surface area contributed by atoms with Crippen LogP contribution in [0.15, 0.2) is 0 Å². The quantitative estimate of drug-likeness (QED) is 0.723. The van der Waals surface area contributed by atoms with E-state index in [0.717, 1.165) is 71.4 Å². The second-order valence-electron chi connectivity index (χ2n) is 7.24. The van der Waals surface area contributed by atoms with E-state index in [-0.39, 0.29) is 11.8 Å². The van der Waals surface area contributed by atoms with Crippen LogP contribution in [-0.4, -0.2) is 87.7 Å². The first kappa shape index (κ1) is 19.1. The van der Waals surface area contributed by atoms with Gasteiger partial charge in [0.05, 0.1) is 5.75 Å². The molecule has 0 aromatic rings. The van der Waals surface area contributed by atoms with Crippen LogP contribution < -0.4 is 5.73 Å². The number of likely N-dealkylation sites (tertiary alicyclic amines) is 2. The fraction of sp³-hybridized carbons (Fsp3) is 1.00. The number of sulfonamides is 1. The number of nitrogens with zero attached hydrogens (tertiary/aromatic N) is 3. The Balaban J connectivity index is 1.71. The van der Waals surface area contributed by atoms with Crippen LogP contribution in [0.2, 0.25) is 0 Å². The molecule has 2 N–H and O–H groups in total. The van der Waals surface area contributed by atoms with Gasteiger partial charge in [-0.3, -0.25) is 0 Å². The van der Waals surface area contributed by atoms with Gasteiger partial charge in [-0.1, -0.05) is 0 Å². The van der Waals surface area contributed by atoms with Crippen molar-refractivity contribution in [3.8, 4) is 0 Å². The lowest BCUT2D eigenvalue weighted by Crippen LogP contribution is -2.45. The van der Waals surface area contributed by atoms with Gasteiger partial charge in [-0.25, -0.2) is 12.7 Å². The summed E-state index contributed by atoms with van der Waals surface area (Å²) < 4.78 is 26.7. The van der Waals surface area contributed by atoms with Crippen molar-refractivity contribution in [2.45, 2.75) is 38.1 Å². The van der Waals surface area contributed by atoms with E-state index in [9.17, 15) is 8.42 Å². The average Bonchev–Trinajstić information content (AvgIpc) is 2.55. The molecule has 0 saturated carbocycles. The summed E-state index contributed by atoms with van der Waals surface area (Å²) >= 11 is 0. The first-order chi connectivity index (χ1) is 10.9. The molecule has 0 atom stereocenters. The van der Waals surface area contributed by atoms with Gasteiger partial charge in [0, 0.05) is 13.1 Å². The predicted octanol–water partition coefficient (Wildman–Crippen LogP) is 0.403. The minimum Gasteiger partial charge on any atom is -0.330 e. The smallest absolute Gasteiger partial charge is 0.214 e. The molecule has 0 aromatic carbocycles. The molecular formula is C16H34N4O2S. The second kappa shape index (κ2) is 8.76. The zero-order chi connectivity index (χ0) is 16.9. The minimum absolute atomic E-state index is 0.177. The Morgan fingerprint density at radius 3 is 2.26 bits per heavy atom. The van der Waals surface area contributed by atoms with Crippen LogP contribution in [0.3, 0.4) is 0 Å². The topological polar surface area (TPSA) is 69.9 Å². The molecule has 0 bridgehead atoms. The minimum atomic E-state index is -3.13. The first-order valence-corrected chi connectivity index (χ1v) is 10.6. The molecule has 0 amide bonds. The van der Waals surface area contributed by atoms with E-state index in [2.05, 4.69) is 16.8 Å². The van der Waals surface area contributed by atoms with Crippen LogP contribution in [0.1, 0.15) is 32.1 Å². The van der Waals surface area contributed by atoms with Gasteiger partial charge in [0.15, 0.2) is 0 Å². The molecule has 0 unspecified atom stereocenters. The Bertz CT molecular complexity index is 441. The number of rotatable bonds is 7. The molecule has 2 fully saturated rings. The molecule has 7 heteroatoms. The highest BCUT2D eigenvalue weighted by Gasteiger charge is 2.28. The fourth-order valence-corrected chi connectivity index (χ4v) is 5.09. The van der Waals surface area contributed by atoms with Crippen LogP contribution in [0.4, 0.5) is 0 Å². The lowest BCUT2D eigenvalue weighted by atomic mass is 9.97. The van der Waals surface area contributed by atoms with Crippen molar-refractivity contribution >= 4 is 10.0 Å². The molecular weight excluding hydrogens is 312 g/mol. The summed E-state index contributed by atoms with van der Waals surface area (Å²) in [5.74, 6) is 0.928. The lowest BCUT2D eigenvalue weighted by molar-refractivity contribution is 0.186. The molecule has 0 spiro atoms. The Morgan fingerprint density at radius 2 is 1.70 bits per heavy atom. The van der Waals surface area contributed by atoms with Crippen molar-refractivity contribution in [3.05, 3.63) is 0 Å². The molecule has 0 aromatic heterocycles. The maximum atomic E-state index is 12.5. The summed E-state index contributed by atoms with van der Waals surface area (Å²) in [4.78, 5) is 4.65. The SMILES string of the molecule is CN1CCC(N(C)S(=O)(=O)CCCN2CCC(CN)CC2)CC1. The normalized spacial score (nSPS) is 23.7. The number of hydrogen-bond donors (Lipinski definition) is 1. The highest BCUT2D eigenvalue weighted by molar-refractivity contribution is 7.89. The van der Waals surface area contributed by atoms with E-state index in [0.29, 0.717) is 5.92 Å². The molecule has 0 radical (unpaired) electrons. The third-order valence-corrected chi connectivity index (χ3v) is 7.54. The van der Waals surface area contributed by atoms with Crippen molar-refractivity contribution in [2.75, 3.05) is 59.1 Å². The van der Waals surface area contributed by atoms with E-state index in [1.165, 1.54) is 0 Å². The van der Waals surface area contributed by atoms with Crippen molar-refractivity contribution in [1.29, 1.82) is 0 Å². The second-order valence-corrected chi connectivity index (χ2v) is 9.39. The number of hydrogen-bond acceptors (Lipinski definition) is 5. The Kier molecular flexibility index (Phi) is 7.28. The summed E-state index contributed by atoms with van der Waals surface area (Å²) in [5, 5.41) is 0. The zero-order valence-corrected chi connectivity index (χ0v) is 15.6. The van der Waals surface area contributed by atoms with Crippen molar-refractivity contribution in [2.24, 2.45) is 11.7 Å². The summed E-state index contributed by atoms with van der Waals surface area (Å²) in [6.07, 6.45) is 4.92. The van der Waals surface area contributed by atoms with Gasteiger partial charge in [0.25, 0.3) is 0 Å². The number of piperidine rings is 2. The van der Waals surface area contributed by atoms with Gasteiger partial charge in [-0.2, -0.15) is 0 Å². The van der Waals surface area contributed by atoms with E-state index >= 15 is 0 Å². The molecule has 2 aliphatic rings. The highest BCUT2D eigenvalue weighted by atomic mass is 32.2. The monoisotopic (exact) mass is 346 g/mol. The number of nitrogens with two attached hydrogens (primary N) is 1. The van der Waals surface area contributed by atoms with Crippen molar-refractivity contribution in [1.82, 2.24) is 14.1 Å². The molecule has 2 saturated heterocycles. The van der Waals surface area contributed by atoms with Crippen LogP contribution in [0.5, 0.6) is 0 Å². The molecule has 23 heavy (non-hydrogen) atoms. The average molecular weight is 347 g/mol. The standard InChI is InChI=1S/C16H34N4O2S/c1-18-9-6-16(7-10-18)19(2)23(21,22)13-3-8-20-11-4-15(14-17)5-12-20/h15-16H,3-14,17H2,1-2H3. The first-order valence-electron chi connectivity index (χ1n) is 8.99. The lowest BCUT2D eigenvalue weighted by Gasteiger charge is -2.34. The van der Waals surface area contributed by atoms with E-state index < -0.39 is 10.0 Å². The van der Waals surface area contributed by atoms with Crippen molar-refractivity contribution in [3.63, 3.8) is 0 Å². The van der Waals surface area contributed by atoms with Gasteiger partial charge in [0.1, 0.15) is 0 Å². The summed E-state index contributed by atoms with van der Waals surface area (Å²) in [7, 11) is 0.732. The molecule has 2 aliphatic heterocycles. The Hall–Kier alpha value is -0.210. The van der Waals surface area contributed by atoms with Crippen LogP contribution in [-0.2, 0) is 10.0 Å². The molecule has 2 rings (SSSR count). The molecule has 0 aliphatic carbocycles. The molecule has 136 valence electrons. The van der Waals surface area contributed by atoms with E-state index in [4.69, 9.17) is 5.73 Å². The van der Waals surface area contributed by atoms with Gasteiger partial charge >= 0.3 is 0 Å². The molecule has 6 nitrogen and oxygen atoms in total. The third kappa shape index (κ3) is 5.67. The summed E-state index contributed by atoms with van der Waals surface area (Å²) in [6.45, 7) is 5.77. The van der Waals surface area contributed by atoms with Crippen LogP contribution in [0, 0.1) is 5.92 Å². The van der Waals surface area contributed by atoms with Gasteiger partial charge < -0.3 is 15.5 Å². The van der Waals surface area contributed by atoms with Gasteiger partial charge in [-0.05, 0) is 84.3 Å². The summed E-state index contributed by atoms with van der Waals surface area (Å²) in [5.41, 5.74) is 5.71. The Morgan fingerprint density at radius 1 is 1.09 bits per heavy atom. The van der Waals surface area contributed by atoms with Crippen LogP contribution >= 0.6 is 0 Å². The maximum absolute atomic E-state index is 12.5. The van der Waals surface area contributed by atoms with Gasteiger partial charge in [0.2, 0.25) is 10.0 Å². The van der Waals surface area contributed by atoms with Crippen molar-refractivity contribution < 1.29 is 8.42 Å². The van der Waals surface area contributed by atoms with E-state index in [1.807, 2.05) is 0 Å². The van der Waals surface area contributed by atoms with E-state index in [1.54, 1.807) is 11.4 Å². The maximum Gasteiger partial charge on any atom is 0.214 e. The molecule has 2 heterocycles. The summed E-state index contributed by atoms with van der Waals surface area (Å²) in [6, 6.07) is 0.177. The largest absolute Gasteiger partial charge is 0.330 e. The third-order valence-electron chi connectivity index (χ3n) is 5.56. The fourth-order valence-electron chi connectivity index (χ4n) is 3.65. The predicted molar refractivity (Wildman–Crippen MR) is 94.9 cm³/mol. The van der Waals surface area contributed by atoms with Gasteiger partial charge in [-0.15, -0.1) is 0 Å². The zero-order valence-electron chi connectivity index (χ0n) is 14.8. The highest BCUT2D eigenvalue weighted by Crippen LogP contribution is 2.19. The van der Waals surface area contributed by atoms with Crippen LogP contribution in [0.25, 0.3) is 0 Å². The Labute approximate surface area is 142 Å².